The first-order chi connectivity index (χ1) is 11.1. The highest BCUT2D eigenvalue weighted by Gasteiger charge is 2.52. The standard InChI is InChI=1S/C18H29F3O3/c1-13-9-11-17(23,18(19,20)21)10-7-5-4-6-8-15(24-3)16(22)14(2)12-13/h6,8,12,14-16,22-23H,4-5,7,9-11H2,1-3H3/b8-6+,13-12-/t14-,15?,16+,17?/m1/s1. The second kappa shape index (κ2) is 9.02. The number of ether oxygens (including phenoxy) is 1. The summed E-state index contributed by atoms with van der Waals surface area (Å²) in [6, 6.07) is 0. The number of hydrogen-bond donors (Lipinski definition) is 2. The monoisotopic (exact) mass is 350 g/mol. The molecular weight excluding hydrogens is 321 g/mol. The second-order valence-corrected chi connectivity index (χ2v) is 6.77. The summed E-state index contributed by atoms with van der Waals surface area (Å²) in [5.41, 5.74) is -1.92. The van der Waals surface area contributed by atoms with Gasteiger partial charge in [0.2, 0.25) is 0 Å². The number of aliphatic hydroxyl groups is 2. The van der Waals surface area contributed by atoms with Gasteiger partial charge in [-0.25, -0.2) is 0 Å². The van der Waals surface area contributed by atoms with Crippen molar-refractivity contribution in [2.75, 3.05) is 7.11 Å². The first-order valence-corrected chi connectivity index (χ1v) is 8.44. The van der Waals surface area contributed by atoms with E-state index in [1.54, 1.807) is 26.0 Å². The number of halogens is 3. The molecule has 4 atom stereocenters. The molecule has 1 rings (SSSR count). The first-order valence-electron chi connectivity index (χ1n) is 8.44. The molecule has 0 saturated carbocycles. The number of rotatable bonds is 1. The van der Waals surface area contributed by atoms with E-state index < -0.39 is 24.0 Å². The molecule has 0 heterocycles. The van der Waals surface area contributed by atoms with Crippen molar-refractivity contribution >= 4 is 0 Å². The number of methoxy groups -OCH3 is 1. The predicted octanol–water partition coefficient (Wildman–Crippen LogP) is 4.15. The third-order valence-electron chi connectivity index (χ3n) is 4.69. The zero-order valence-electron chi connectivity index (χ0n) is 14.6. The Bertz CT molecular complexity index is 445. The molecule has 6 heteroatoms. The number of hydrogen-bond acceptors (Lipinski definition) is 3. The Morgan fingerprint density at radius 2 is 1.92 bits per heavy atom. The van der Waals surface area contributed by atoms with Gasteiger partial charge in [-0.15, -0.1) is 0 Å². The zero-order chi connectivity index (χ0) is 18.4. The fraction of sp³-hybridized carbons (Fsp3) is 0.778. The summed E-state index contributed by atoms with van der Waals surface area (Å²) in [4.78, 5) is 0. The fourth-order valence-corrected chi connectivity index (χ4v) is 2.98. The lowest BCUT2D eigenvalue weighted by molar-refractivity contribution is -0.265. The molecule has 2 N–H and O–H groups in total. The maximum Gasteiger partial charge on any atom is 0.417 e. The Hall–Kier alpha value is -0.850. The molecule has 0 spiro atoms. The van der Waals surface area contributed by atoms with E-state index in [0.29, 0.717) is 19.3 Å². The normalized spacial score (nSPS) is 38.0. The highest BCUT2D eigenvalue weighted by atomic mass is 19.4. The van der Waals surface area contributed by atoms with Crippen LogP contribution in [0.15, 0.2) is 23.8 Å². The molecule has 2 unspecified atom stereocenters. The quantitative estimate of drug-likeness (QED) is 0.699. The van der Waals surface area contributed by atoms with E-state index in [0.717, 1.165) is 5.57 Å². The zero-order valence-corrected chi connectivity index (χ0v) is 14.6. The van der Waals surface area contributed by atoms with Crippen LogP contribution >= 0.6 is 0 Å². The highest BCUT2D eigenvalue weighted by molar-refractivity contribution is 5.07. The molecule has 3 nitrogen and oxygen atoms in total. The van der Waals surface area contributed by atoms with Crippen molar-refractivity contribution in [3.05, 3.63) is 23.8 Å². The molecule has 0 bridgehead atoms. The fourth-order valence-electron chi connectivity index (χ4n) is 2.98. The van der Waals surface area contributed by atoms with E-state index in [4.69, 9.17) is 4.74 Å². The van der Waals surface area contributed by atoms with Gasteiger partial charge in [-0.05, 0) is 45.4 Å². The Labute approximate surface area is 142 Å². The van der Waals surface area contributed by atoms with E-state index in [1.807, 2.05) is 6.08 Å². The van der Waals surface area contributed by atoms with E-state index in [9.17, 15) is 23.4 Å². The van der Waals surface area contributed by atoms with Crippen LogP contribution in [0.4, 0.5) is 13.2 Å². The third kappa shape index (κ3) is 5.90. The van der Waals surface area contributed by atoms with Crippen molar-refractivity contribution in [3.63, 3.8) is 0 Å². The molecule has 0 aliphatic heterocycles. The topological polar surface area (TPSA) is 49.7 Å². The van der Waals surface area contributed by atoms with Crippen LogP contribution in [0, 0.1) is 5.92 Å². The van der Waals surface area contributed by atoms with Crippen LogP contribution in [0.1, 0.15) is 52.4 Å². The Morgan fingerprint density at radius 3 is 2.50 bits per heavy atom. The molecule has 0 amide bonds. The smallest absolute Gasteiger partial charge is 0.389 e. The molecule has 0 radical (unpaired) electrons. The summed E-state index contributed by atoms with van der Waals surface area (Å²) >= 11 is 0. The molecule has 1 aliphatic rings. The van der Waals surface area contributed by atoms with Gasteiger partial charge in [-0.3, -0.25) is 0 Å². The lowest BCUT2D eigenvalue weighted by atomic mass is 9.87. The maximum atomic E-state index is 13.2. The van der Waals surface area contributed by atoms with Gasteiger partial charge in [0.15, 0.2) is 5.60 Å². The van der Waals surface area contributed by atoms with E-state index >= 15 is 0 Å². The molecule has 0 saturated heterocycles. The van der Waals surface area contributed by atoms with E-state index in [1.165, 1.54) is 7.11 Å². The van der Waals surface area contributed by atoms with Crippen LogP contribution in [-0.2, 0) is 4.74 Å². The van der Waals surface area contributed by atoms with Crippen molar-refractivity contribution in [3.8, 4) is 0 Å². The molecule has 0 fully saturated rings. The van der Waals surface area contributed by atoms with Gasteiger partial charge < -0.3 is 14.9 Å². The summed E-state index contributed by atoms with van der Waals surface area (Å²) in [5.74, 6) is -0.262. The van der Waals surface area contributed by atoms with Crippen molar-refractivity contribution in [1.82, 2.24) is 0 Å². The highest BCUT2D eigenvalue weighted by Crippen LogP contribution is 2.39. The third-order valence-corrected chi connectivity index (χ3v) is 4.69. The summed E-state index contributed by atoms with van der Waals surface area (Å²) < 4.78 is 45.0. The lowest BCUT2D eigenvalue weighted by Gasteiger charge is -2.31. The SMILES string of the molecule is COC1/C=C/CCCCC(O)(C(F)(F)F)CC/C(C)=C\[C@@H](C)[C@@H]1O. The molecule has 1 aliphatic carbocycles. The number of allylic oxidation sites excluding steroid dienone is 2. The Morgan fingerprint density at radius 1 is 1.25 bits per heavy atom. The van der Waals surface area contributed by atoms with Gasteiger partial charge in [0, 0.05) is 13.0 Å². The minimum atomic E-state index is -4.63. The van der Waals surface area contributed by atoms with Gasteiger partial charge in [0.05, 0.1) is 6.10 Å². The second-order valence-electron chi connectivity index (χ2n) is 6.77. The van der Waals surface area contributed by atoms with Crippen molar-refractivity contribution in [1.29, 1.82) is 0 Å². The van der Waals surface area contributed by atoms with Crippen LogP contribution in [0.3, 0.4) is 0 Å². The summed E-state index contributed by atoms with van der Waals surface area (Å²) in [5, 5.41) is 20.4. The lowest BCUT2D eigenvalue weighted by Crippen LogP contribution is -2.45. The Kier molecular flexibility index (Phi) is 7.96. The van der Waals surface area contributed by atoms with Crippen LogP contribution in [-0.4, -0.2) is 41.3 Å². The predicted molar refractivity (Wildman–Crippen MR) is 87.6 cm³/mol. The van der Waals surface area contributed by atoms with Gasteiger partial charge in [-0.1, -0.05) is 30.7 Å². The van der Waals surface area contributed by atoms with Crippen molar-refractivity contribution in [2.45, 2.75) is 76.4 Å². The number of aliphatic hydroxyl groups excluding tert-OH is 1. The molecule has 140 valence electrons. The van der Waals surface area contributed by atoms with E-state index in [-0.39, 0.29) is 25.2 Å². The largest absolute Gasteiger partial charge is 0.417 e. The summed E-state index contributed by atoms with van der Waals surface area (Å²) in [7, 11) is 1.52. The molecule has 0 aromatic carbocycles. The average Bonchev–Trinajstić information content (AvgIpc) is 2.49. The van der Waals surface area contributed by atoms with Crippen molar-refractivity contribution in [2.24, 2.45) is 5.92 Å². The maximum absolute atomic E-state index is 13.2. The van der Waals surface area contributed by atoms with Crippen LogP contribution < -0.4 is 0 Å². The first kappa shape index (κ1) is 21.2. The van der Waals surface area contributed by atoms with Gasteiger partial charge in [0.1, 0.15) is 6.10 Å². The summed E-state index contributed by atoms with van der Waals surface area (Å²) in [6.45, 7) is 3.53. The van der Waals surface area contributed by atoms with Gasteiger partial charge in [0.25, 0.3) is 0 Å². The van der Waals surface area contributed by atoms with Gasteiger partial charge >= 0.3 is 6.18 Å². The molecule has 24 heavy (non-hydrogen) atoms. The molecular formula is C18H29F3O3. The number of alkyl halides is 3. The Balaban J connectivity index is 2.98. The van der Waals surface area contributed by atoms with Crippen LogP contribution in [0.5, 0.6) is 0 Å². The van der Waals surface area contributed by atoms with Gasteiger partial charge in [-0.2, -0.15) is 13.2 Å². The average molecular weight is 350 g/mol. The van der Waals surface area contributed by atoms with Crippen molar-refractivity contribution < 1.29 is 28.1 Å². The van der Waals surface area contributed by atoms with E-state index in [2.05, 4.69) is 0 Å². The summed E-state index contributed by atoms with van der Waals surface area (Å²) in [6.07, 6.45) is 0.402. The molecule has 0 aromatic heterocycles. The van der Waals surface area contributed by atoms with Crippen LogP contribution in [0.2, 0.25) is 0 Å². The minimum absolute atomic E-state index is 0.139. The minimum Gasteiger partial charge on any atom is -0.389 e. The van der Waals surface area contributed by atoms with Crippen LogP contribution in [0.25, 0.3) is 0 Å². The molecule has 0 aromatic rings.